The monoisotopic (exact) mass is 400 g/mol. The molecule has 9 nitrogen and oxygen atoms in total. The third-order valence-electron chi connectivity index (χ3n) is 5.02. The van der Waals surface area contributed by atoms with Crippen molar-refractivity contribution in [2.75, 3.05) is 13.1 Å². The molecule has 0 aliphatic carbocycles. The highest BCUT2D eigenvalue weighted by Gasteiger charge is 2.26. The van der Waals surface area contributed by atoms with E-state index in [-0.39, 0.29) is 22.9 Å². The number of aryl methyl sites for hydroxylation is 1. The summed E-state index contributed by atoms with van der Waals surface area (Å²) in [6.07, 6.45) is 2.32. The molecule has 1 fully saturated rings. The average Bonchev–Trinajstić information content (AvgIpc) is 3.34. The lowest BCUT2D eigenvalue weighted by Crippen LogP contribution is -2.40. The largest absolute Gasteiger partial charge is 0.348 e. The molecule has 10 heteroatoms. The maximum atomic E-state index is 12.6. The Balaban J connectivity index is 1.41. The number of carbonyl (C=O) groups is 1. The summed E-state index contributed by atoms with van der Waals surface area (Å²) in [5, 5.41) is 13.5. The van der Waals surface area contributed by atoms with Crippen molar-refractivity contribution in [3.63, 3.8) is 0 Å². The average molecular weight is 400 g/mol. The quantitative estimate of drug-likeness (QED) is 0.698. The van der Waals surface area contributed by atoms with E-state index in [0.717, 1.165) is 23.7 Å². The maximum absolute atomic E-state index is 12.6. The zero-order valence-electron chi connectivity index (χ0n) is 15.4. The minimum atomic E-state index is -0.244. The van der Waals surface area contributed by atoms with E-state index in [1.807, 2.05) is 17.5 Å². The molecule has 1 aliphatic rings. The summed E-state index contributed by atoms with van der Waals surface area (Å²) in [6, 6.07) is 6.63. The summed E-state index contributed by atoms with van der Waals surface area (Å²) in [4.78, 5) is 37.9. The van der Waals surface area contributed by atoms with Crippen LogP contribution in [0.5, 0.6) is 0 Å². The molecule has 146 valence electrons. The van der Waals surface area contributed by atoms with Crippen molar-refractivity contribution in [1.82, 2.24) is 29.4 Å². The summed E-state index contributed by atoms with van der Waals surface area (Å²) in [5.41, 5.74) is -0.198. The topological polar surface area (TPSA) is 106 Å². The van der Waals surface area contributed by atoms with Gasteiger partial charge in [0.05, 0.1) is 0 Å². The first kappa shape index (κ1) is 18.4. The van der Waals surface area contributed by atoms with Crippen LogP contribution in [0.15, 0.2) is 39.2 Å². The second-order valence-electron chi connectivity index (χ2n) is 6.85. The Morgan fingerprint density at radius 2 is 2.04 bits per heavy atom. The summed E-state index contributed by atoms with van der Waals surface area (Å²) >= 11 is 1.49. The number of nitrogens with one attached hydrogen (secondary N) is 1. The van der Waals surface area contributed by atoms with E-state index in [1.165, 1.54) is 35.2 Å². The van der Waals surface area contributed by atoms with E-state index in [9.17, 15) is 14.4 Å². The van der Waals surface area contributed by atoms with Crippen LogP contribution in [0.4, 0.5) is 0 Å². The normalized spacial score (nSPS) is 15.1. The van der Waals surface area contributed by atoms with Crippen LogP contribution in [0.1, 0.15) is 29.2 Å². The van der Waals surface area contributed by atoms with Crippen LogP contribution < -0.4 is 11.2 Å². The Bertz CT molecular complexity index is 1090. The molecule has 0 radical (unpaired) electrons. The van der Waals surface area contributed by atoms with Crippen molar-refractivity contribution < 1.29 is 4.79 Å². The Hall–Kier alpha value is -3.01. The van der Waals surface area contributed by atoms with E-state index in [0.29, 0.717) is 25.4 Å². The molecule has 0 spiro atoms. The predicted molar refractivity (Wildman–Crippen MR) is 104 cm³/mol. The molecule has 1 amide bonds. The van der Waals surface area contributed by atoms with Crippen LogP contribution in [-0.4, -0.2) is 48.4 Å². The Morgan fingerprint density at radius 1 is 1.25 bits per heavy atom. The third kappa shape index (κ3) is 3.55. The molecule has 0 unspecified atom stereocenters. The summed E-state index contributed by atoms with van der Waals surface area (Å²) in [5.74, 6) is 0.896. The van der Waals surface area contributed by atoms with Gasteiger partial charge in [-0.2, -0.15) is 10.2 Å². The molecule has 0 bridgehead atoms. The lowest BCUT2D eigenvalue weighted by Gasteiger charge is -2.31. The van der Waals surface area contributed by atoms with E-state index in [1.54, 1.807) is 9.47 Å². The lowest BCUT2D eigenvalue weighted by molar-refractivity contribution is 0.0681. The van der Waals surface area contributed by atoms with Gasteiger partial charge in [-0.3, -0.25) is 9.59 Å². The van der Waals surface area contributed by atoms with E-state index >= 15 is 0 Å². The van der Waals surface area contributed by atoms with Gasteiger partial charge in [-0.25, -0.2) is 19.1 Å². The van der Waals surface area contributed by atoms with E-state index in [2.05, 4.69) is 15.3 Å². The highest BCUT2D eigenvalue weighted by atomic mass is 32.1. The van der Waals surface area contributed by atoms with Gasteiger partial charge in [-0.05, 0) is 42.3 Å². The Morgan fingerprint density at radius 3 is 2.71 bits per heavy atom. The van der Waals surface area contributed by atoms with Gasteiger partial charge in [0.1, 0.15) is 16.5 Å². The molecule has 4 heterocycles. The first-order chi connectivity index (χ1) is 13.5. The predicted octanol–water partition coefficient (Wildman–Crippen LogP) is 0.811. The minimum absolute atomic E-state index is 0.163. The number of amides is 1. The molecule has 0 atom stereocenters. The molecular formula is C18H20N6O3S. The zero-order chi connectivity index (χ0) is 19.7. The summed E-state index contributed by atoms with van der Waals surface area (Å²) in [6.45, 7) is 1.23. The standard InChI is InChI=1S/C18H20N6O3S/c1-22-15(25)5-4-13(21-22)17(26)23-8-6-12(7-9-23)11-14-19-20-18(27)24(14)16-3-2-10-28-16/h2-5,10,12H,6-9,11H2,1H3,(H,20,27). The second-order valence-corrected chi connectivity index (χ2v) is 7.78. The number of hydrogen-bond acceptors (Lipinski definition) is 6. The van der Waals surface area contributed by atoms with Crippen molar-refractivity contribution in [3.8, 4) is 5.00 Å². The highest BCUT2D eigenvalue weighted by molar-refractivity contribution is 7.12. The van der Waals surface area contributed by atoms with Crippen molar-refractivity contribution >= 4 is 17.2 Å². The number of hydrogen-bond donors (Lipinski definition) is 1. The molecule has 3 aromatic rings. The third-order valence-corrected chi connectivity index (χ3v) is 5.87. The van der Waals surface area contributed by atoms with Crippen LogP contribution >= 0.6 is 11.3 Å². The fourth-order valence-electron chi connectivity index (χ4n) is 3.47. The molecule has 0 saturated carbocycles. The number of likely N-dealkylation sites (tertiary alicyclic amines) is 1. The van der Waals surface area contributed by atoms with Crippen LogP contribution in [0.3, 0.4) is 0 Å². The fraction of sp³-hybridized carbons (Fsp3) is 0.389. The minimum Gasteiger partial charge on any atom is -0.337 e. The SMILES string of the molecule is Cn1nc(C(=O)N2CCC(Cc3n[nH]c(=O)n3-c3cccs3)CC2)ccc1=O. The molecule has 1 aliphatic heterocycles. The van der Waals surface area contributed by atoms with E-state index in [4.69, 9.17) is 0 Å². The van der Waals surface area contributed by atoms with Crippen LogP contribution in [0, 0.1) is 5.92 Å². The first-order valence-electron chi connectivity index (χ1n) is 9.07. The zero-order valence-corrected chi connectivity index (χ0v) is 16.2. The number of aromatic nitrogens is 5. The van der Waals surface area contributed by atoms with Gasteiger partial charge in [0.25, 0.3) is 11.5 Å². The second kappa shape index (κ2) is 7.55. The molecule has 28 heavy (non-hydrogen) atoms. The van der Waals surface area contributed by atoms with Crippen LogP contribution in [-0.2, 0) is 13.5 Å². The van der Waals surface area contributed by atoms with Crippen molar-refractivity contribution in [2.45, 2.75) is 19.3 Å². The number of thiophene rings is 1. The Labute approximate surface area is 164 Å². The molecule has 1 saturated heterocycles. The fourth-order valence-corrected chi connectivity index (χ4v) is 4.22. The van der Waals surface area contributed by atoms with Gasteiger partial charge in [-0.1, -0.05) is 0 Å². The number of carbonyl (C=O) groups excluding carboxylic acids is 1. The number of aromatic amines is 1. The molecule has 1 N–H and O–H groups in total. The van der Waals surface area contributed by atoms with Crippen LogP contribution in [0.2, 0.25) is 0 Å². The van der Waals surface area contributed by atoms with Crippen molar-refractivity contribution in [3.05, 3.63) is 62.0 Å². The number of nitrogens with zero attached hydrogens (tertiary/aromatic N) is 5. The van der Waals surface area contributed by atoms with Gasteiger partial charge in [-0.15, -0.1) is 11.3 Å². The van der Waals surface area contributed by atoms with Crippen molar-refractivity contribution in [2.24, 2.45) is 13.0 Å². The summed E-state index contributed by atoms with van der Waals surface area (Å²) in [7, 11) is 1.53. The highest BCUT2D eigenvalue weighted by Crippen LogP contribution is 2.23. The lowest BCUT2D eigenvalue weighted by atomic mass is 9.93. The van der Waals surface area contributed by atoms with E-state index < -0.39 is 0 Å². The van der Waals surface area contributed by atoms with Crippen molar-refractivity contribution in [1.29, 1.82) is 0 Å². The summed E-state index contributed by atoms with van der Waals surface area (Å²) < 4.78 is 2.79. The molecule has 4 rings (SSSR count). The number of piperidine rings is 1. The first-order valence-corrected chi connectivity index (χ1v) is 9.94. The molecular weight excluding hydrogens is 380 g/mol. The molecule has 3 aromatic heterocycles. The number of rotatable bonds is 4. The molecule has 0 aromatic carbocycles. The van der Waals surface area contributed by atoms with Gasteiger partial charge in [0.2, 0.25) is 0 Å². The smallest absolute Gasteiger partial charge is 0.337 e. The maximum Gasteiger partial charge on any atom is 0.348 e. The van der Waals surface area contributed by atoms with Gasteiger partial charge in [0.15, 0.2) is 0 Å². The van der Waals surface area contributed by atoms with Crippen LogP contribution in [0.25, 0.3) is 5.00 Å². The Kier molecular flexibility index (Phi) is 4.95. The number of H-pyrrole nitrogens is 1. The van der Waals surface area contributed by atoms with Gasteiger partial charge >= 0.3 is 5.69 Å². The van der Waals surface area contributed by atoms with Gasteiger partial charge < -0.3 is 4.90 Å². The van der Waals surface area contributed by atoms with Gasteiger partial charge in [0, 0.05) is 32.6 Å².